The van der Waals surface area contributed by atoms with Gasteiger partial charge in [0.15, 0.2) is 6.61 Å². The molecule has 0 bridgehead atoms. The van der Waals surface area contributed by atoms with Crippen molar-refractivity contribution in [2.75, 3.05) is 11.9 Å². The van der Waals surface area contributed by atoms with Crippen molar-refractivity contribution in [2.45, 2.75) is 53.4 Å². The maximum atomic E-state index is 12.2. The third-order valence-corrected chi connectivity index (χ3v) is 4.93. The summed E-state index contributed by atoms with van der Waals surface area (Å²) >= 11 is 6.08. The Balaban J connectivity index is 1.95. The monoisotopic (exact) mass is 387 g/mol. The van der Waals surface area contributed by atoms with Crippen LogP contribution in [0, 0.1) is 12.3 Å². The van der Waals surface area contributed by atoms with Crippen molar-refractivity contribution in [1.29, 1.82) is 0 Å². The van der Waals surface area contributed by atoms with Crippen molar-refractivity contribution >= 4 is 23.2 Å². The van der Waals surface area contributed by atoms with Gasteiger partial charge in [0.25, 0.3) is 5.91 Å². The number of nitrogens with one attached hydrogen (secondary N) is 1. The molecule has 0 spiro atoms. The maximum absolute atomic E-state index is 12.2. The SMILES string of the molecule is Cc1c(Cl)cccc1NC(=O)COc1ccc(C(C)(C)CC(C)(C)C)cc1. The van der Waals surface area contributed by atoms with Crippen LogP contribution in [0.25, 0.3) is 0 Å². The molecular formula is C23H30ClNO2. The second-order valence-electron chi connectivity index (χ2n) is 8.89. The summed E-state index contributed by atoms with van der Waals surface area (Å²) in [5, 5.41) is 3.46. The van der Waals surface area contributed by atoms with Gasteiger partial charge in [0.05, 0.1) is 0 Å². The van der Waals surface area contributed by atoms with Gasteiger partial charge in [-0.2, -0.15) is 0 Å². The highest BCUT2D eigenvalue weighted by Crippen LogP contribution is 2.36. The topological polar surface area (TPSA) is 38.3 Å². The fraction of sp³-hybridized carbons (Fsp3) is 0.435. The van der Waals surface area contributed by atoms with Gasteiger partial charge in [0.1, 0.15) is 5.75 Å². The molecule has 0 atom stereocenters. The third kappa shape index (κ3) is 6.28. The molecule has 0 saturated heterocycles. The minimum Gasteiger partial charge on any atom is -0.484 e. The number of hydrogen-bond donors (Lipinski definition) is 1. The summed E-state index contributed by atoms with van der Waals surface area (Å²) in [7, 11) is 0. The highest BCUT2D eigenvalue weighted by molar-refractivity contribution is 6.31. The quantitative estimate of drug-likeness (QED) is 0.624. The van der Waals surface area contributed by atoms with Crippen molar-refractivity contribution in [2.24, 2.45) is 5.41 Å². The molecule has 2 aromatic rings. The first-order valence-electron chi connectivity index (χ1n) is 9.26. The van der Waals surface area contributed by atoms with Gasteiger partial charge in [-0.3, -0.25) is 4.79 Å². The molecule has 0 fully saturated rings. The van der Waals surface area contributed by atoms with Crippen molar-refractivity contribution in [3.63, 3.8) is 0 Å². The van der Waals surface area contributed by atoms with E-state index in [1.807, 2.05) is 31.2 Å². The second-order valence-corrected chi connectivity index (χ2v) is 9.30. The van der Waals surface area contributed by atoms with Crippen molar-refractivity contribution < 1.29 is 9.53 Å². The van der Waals surface area contributed by atoms with Gasteiger partial charge in [-0.05, 0) is 59.6 Å². The fourth-order valence-corrected chi connectivity index (χ4v) is 3.68. The highest BCUT2D eigenvalue weighted by Gasteiger charge is 2.27. The zero-order valence-electron chi connectivity index (χ0n) is 17.2. The number of carbonyl (C=O) groups excluding carboxylic acids is 1. The molecule has 1 amide bonds. The first-order chi connectivity index (χ1) is 12.5. The molecule has 0 heterocycles. The largest absolute Gasteiger partial charge is 0.484 e. The zero-order chi connectivity index (χ0) is 20.2. The van der Waals surface area contributed by atoms with Crippen LogP contribution in [-0.2, 0) is 10.2 Å². The Bertz CT molecular complexity index is 789. The Morgan fingerprint density at radius 2 is 1.67 bits per heavy atom. The van der Waals surface area contributed by atoms with E-state index >= 15 is 0 Å². The van der Waals surface area contributed by atoms with Gasteiger partial charge in [-0.1, -0.05) is 64.4 Å². The van der Waals surface area contributed by atoms with Gasteiger partial charge in [-0.15, -0.1) is 0 Å². The van der Waals surface area contributed by atoms with E-state index in [0.29, 0.717) is 16.5 Å². The average molecular weight is 388 g/mol. The van der Waals surface area contributed by atoms with Crippen LogP contribution in [0.15, 0.2) is 42.5 Å². The summed E-state index contributed by atoms with van der Waals surface area (Å²) in [6, 6.07) is 13.5. The van der Waals surface area contributed by atoms with Gasteiger partial charge in [0.2, 0.25) is 0 Å². The molecule has 0 aliphatic rings. The summed E-state index contributed by atoms with van der Waals surface area (Å²) in [5.74, 6) is 0.473. The highest BCUT2D eigenvalue weighted by atomic mass is 35.5. The van der Waals surface area contributed by atoms with E-state index in [0.717, 1.165) is 12.0 Å². The summed E-state index contributed by atoms with van der Waals surface area (Å²) in [4.78, 5) is 12.2. The molecule has 0 radical (unpaired) electrons. The average Bonchev–Trinajstić information content (AvgIpc) is 2.55. The van der Waals surface area contributed by atoms with Crippen LogP contribution in [0.2, 0.25) is 5.02 Å². The van der Waals surface area contributed by atoms with Crippen LogP contribution in [0.4, 0.5) is 5.69 Å². The summed E-state index contributed by atoms with van der Waals surface area (Å²) in [6.07, 6.45) is 1.08. The summed E-state index contributed by atoms with van der Waals surface area (Å²) < 4.78 is 5.63. The molecule has 4 heteroatoms. The minimum absolute atomic E-state index is 0.0450. The molecule has 3 nitrogen and oxygen atoms in total. The third-order valence-electron chi connectivity index (χ3n) is 4.52. The minimum atomic E-state index is -0.211. The van der Waals surface area contributed by atoms with Gasteiger partial charge in [0, 0.05) is 10.7 Å². The first kappa shape index (κ1) is 21.3. The number of halogens is 1. The van der Waals surface area contributed by atoms with Crippen LogP contribution in [0.3, 0.4) is 0 Å². The Morgan fingerprint density at radius 3 is 2.26 bits per heavy atom. The molecule has 2 aromatic carbocycles. The standard InChI is InChI=1S/C23H30ClNO2/c1-16-19(24)8-7-9-20(16)25-21(26)14-27-18-12-10-17(11-13-18)23(5,6)15-22(2,3)4/h7-13H,14-15H2,1-6H3,(H,25,26). The van der Waals surface area contributed by atoms with E-state index in [1.54, 1.807) is 6.07 Å². The van der Waals surface area contributed by atoms with Crippen LogP contribution in [-0.4, -0.2) is 12.5 Å². The van der Waals surface area contributed by atoms with Crippen LogP contribution < -0.4 is 10.1 Å². The number of benzene rings is 2. The predicted octanol–water partition coefficient (Wildman–Crippen LogP) is 6.38. The van der Waals surface area contributed by atoms with E-state index in [1.165, 1.54) is 5.56 Å². The van der Waals surface area contributed by atoms with Gasteiger partial charge in [-0.25, -0.2) is 0 Å². The lowest BCUT2D eigenvalue weighted by Crippen LogP contribution is -2.24. The Kier molecular flexibility index (Phi) is 6.59. The Hall–Kier alpha value is -2.00. The normalized spacial score (nSPS) is 12.0. The zero-order valence-corrected chi connectivity index (χ0v) is 17.9. The fourth-order valence-electron chi connectivity index (χ4n) is 3.51. The first-order valence-corrected chi connectivity index (χ1v) is 9.64. The molecule has 1 N–H and O–H groups in total. The van der Waals surface area contributed by atoms with Crippen molar-refractivity contribution in [3.05, 3.63) is 58.6 Å². The lowest BCUT2D eigenvalue weighted by atomic mass is 9.72. The molecule has 0 unspecified atom stereocenters. The Labute approximate surface area is 168 Å². The molecule has 27 heavy (non-hydrogen) atoms. The number of ether oxygens (including phenoxy) is 1. The lowest BCUT2D eigenvalue weighted by molar-refractivity contribution is -0.118. The van der Waals surface area contributed by atoms with E-state index in [-0.39, 0.29) is 23.3 Å². The van der Waals surface area contributed by atoms with E-state index < -0.39 is 0 Å². The molecule has 0 saturated carbocycles. The number of anilines is 1. The summed E-state index contributed by atoms with van der Waals surface area (Å²) in [5.41, 5.74) is 3.16. The Morgan fingerprint density at radius 1 is 1.04 bits per heavy atom. The smallest absolute Gasteiger partial charge is 0.262 e. The van der Waals surface area contributed by atoms with Gasteiger partial charge < -0.3 is 10.1 Å². The molecular weight excluding hydrogens is 358 g/mol. The van der Waals surface area contributed by atoms with Crippen LogP contribution >= 0.6 is 11.6 Å². The number of carbonyl (C=O) groups is 1. The lowest BCUT2D eigenvalue weighted by Gasteiger charge is -2.33. The van der Waals surface area contributed by atoms with Gasteiger partial charge >= 0.3 is 0 Å². The second kappa shape index (κ2) is 8.35. The van der Waals surface area contributed by atoms with Crippen molar-refractivity contribution in [1.82, 2.24) is 0 Å². The molecule has 0 aliphatic heterocycles. The predicted molar refractivity (Wildman–Crippen MR) is 114 cm³/mol. The van der Waals surface area contributed by atoms with E-state index in [4.69, 9.17) is 16.3 Å². The van der Waals surface area contributed by atoms with Crippen molar-refractivity contribution in [3.8, 4) is 5.75 Å². The summed E-state index contributed by atoms with van der Waals surface area (Å²) in [6.45, 7) is 13.1. The van der Waals surface area contributed by atoms with E-state index in [9.17, 15) is 4.79 Å². The van der Waals surface area contributed by atoms with E-state index in [2.05, 4.69) is 52.1 Å². The molecule has 0 aromatic heterocycles. The number of amides is 1. The van der Waals surface area contributed by atoms with Crippen LogP contribution in [0.5, 0.6) is 5.75 Å². The molecule has 2 rings (SSSR count). The van der Waals surface area contributed by atoms with Crippen LogP contribution in [0.1, 0.15) is 52.2 Å². The number of hydrogen-bond acceptors (Lipinski definition) is 2. The maximum Gasteiger partial charge on any atom is 0.262 e. The molecule has 0 aliphatic carbocycles. The number of rotatable bonds is 6. The molecule has 146 valence electrons.